The van der Waals surface area contributed by atoms with Crippen molar-refractivity contribution in [2.24, 2.45) is 10.9 Å². The second-order valence-corrected chi connectivity index (χ2v) is 6.16. The van der Waals surface area contributed by atoms with E-state index in [0.717, 1.165) is 17.0 Å². The molecule has 0 saturated carbocycles. The van der Waals surface area contributed by atoms with Gasteiger partial charge in [-0.15, -0.1) is 0 Å². The van der Waals surface area contributed by atoms with E-state index in [0.29, 0.717) is 5.84 Å². The van der Waals surface area contributed by atoms with Crippen LogP contribution in [0.2, 0.25) is 0 Å². The maximum Gasteiger partial charge on any atom is 0.157 e. The van der Waals surface area contributed by atoms with E-state index in [9.17, 15) is 0 Å². The molecule has 3 N–H and O–H groups in total. The Morgan fingerprint density at radius 1 is 1.09 bits per heavy atom. The topological polar surface area (TPSA) is 59.6 Å². The minimum Gasteiger partial charge on any atom is -0.497 e. The maximum atomic E-state index is 5.53. The number of hydrogen-bond donors (Lipinski definition) is 2. The second kappa shape index (κ2) is 6.52. The van der Waals surface area contributed by atoms with E-state index in [1.54, 1.807) is 7.11 Å². The van der Waals surface area contributed by atoms with Crippen LogP contribution in [0, 0.1) is 0 Å². The zero-order valence-corrected chi connectivity index (χ0v) is 13.6. The van der Waals surface area contributed by atoms with Crippen molar-refractivity contribution in [1.82, 2.24) is 0 Å². The normalized spacial score (nSPS) is 12.1. The second-order valence-electron chi connectivity index (χ2n) is 6.16. The third-order valence-corrected chi connectivity index (χ3v) is 3.49. The highest BCUT2D eigenvalue weighted by molar-refractivity contribution is 6.08. The van der Waals surface area contributed by atoms with Crippen molar-refractivity contribution >= 4 is 11.5 Å². The third-order valence-electron chi connectivity index (χ3n) is 3.49. The molecule has 0 heterocycles. The van der Waals surface area contributed by atoms with Crippen molar-refractivity contribution in [2.75, 3.05) is 12.4 Å². The summed E-state index contributed by atoms with van der Waals surface area (Å²) in [4.78, 5) is 0. The van der Waals surface area contributed by atoms with E-state index in [1.807, 2.05) is 36.4 Å². The molecule has 0 atom stereocenters. The summed E-state index contributed by atoms with van der Waals surface area (Å²) in [6.45, 7) is 6.58. The predicted molar refractivity (Wildman–Crippen MR) is 92.5 cm³/mol. The third kappa shape index (κ3) is 3.79. The lowest BCUT2D eigenvalue weighted by molar-refractivity contribution is 0.414. The highest BCUT2D eigenvalue weighted by atomic mass is 16.5. The Labute approximate surface area is 132 Å². The van der Waals surface area contributed by atoms with Gasteiger partial charge in [0.25, 0.3) is 0 Å². The minimum atomic E-state index is 0.135. The smallest absolute Gasteiger partial charge is 0.157 e. The molecule has 22 heavy (non-hydrogen) atoms. The molecule has 0 aliphatic carbocycles. The summed E-state index contributed by atoms with van der Waals surface area (Å²) < 4.78 is 5.23. The molecule has 0 aliphatic heterocycles. The Hall–Kier alpha value is -2.49. The van der Waals surface area contributed by atoms with Gasteiger partial charge in [0.05, 0.1) is 7.11 Å². The zero-order valence-electron chi connectivity index (χ0n) is 13.6. The first-order chi connectivity index (χ1) is 10.4. The molecule has 0 aromatic heterocycles. The molecule has 4 heteroatoms. The summed E-state index contributed by atoms with van der Waals surface area (Å²) in [5.41, 5.74) is 3.24. The van der Waals surface area contributed by atoms with Crippen LogP contribution < -0.4 is 15.9 Å². The van der Waals surface area contributed by atoms with Crippen molar-refractivity contribution in [3.8, 4) is 5.75 Å². The fourth-order valence-corrected chi connectivity index (χ4v) is 2.14. The van der Waals surface area contributed by atoms with E-state index in [-0.39, 0.29) is 5.41 Å². The summed E-state index contributed by atoms with van der Waals surface area (Å²) in [5, 5.41) is 7.09. The fourth-order valence-electron chi connectivity index (χ4n) is 2.14. The maximum absolute atomic E-state index is 5.53. The van der Waals surface area contributed by atoms with E-state index in [4.69, 9.17) is 10.6 Å². The lowest BCUT2D eigenvalue weighted by Gasteiger charge is -2.19. The number of ether oxygens (including phenoxy) is 1. The summed E-state index contributed by atoms with van der Waals surface area (Å²) in [7, 11) is 1.64. The van der Waals surface area contributed by atoms with Crippen LogP contribution >= 0.6 is 0 Å². The quantitative estimate of drug-likeness (QED) is 0.393. The summed E-state index contributed by atoms with van der Waals surface area (Å²) in [5.74, 6) is 6.89. The van der Waals surface area contributed by atoms with Crippen LogP contribution in [0.1, 0.15) is 31.9 Å². The molecule has 2 aromatic carbocycles. The molecule has 4 nitrogen and oxygen atoms in total. The molecule has 0 bridgehead atoms. The summed E-state index contributed by atoms with van der Waals surface area (Å²) in [6, 6.07) is 15.9. The van der Waals surface area contributed by atoms with Gasteiger partial charge in [-0.05, 0) is 35.2 Å². The van der Waals surface area contributed by atoms with Crippen LogP contribution in [0.15, 0.2) is 53.6 Å². The molecular weight excluding hydrogens is 274 g/mol. The highest BCUT2D eigenvalue weighted by Gasteiger charge is 2.13. The van der Waals surface area contributed by atoms with Gasteiger partial charge >= 0.3 is 0 Å². The van der Waals surface area contributed by atoms with Gasteiger partial charge in [-0.1, -0.05) is 45.0 Å². The Morgan fingerprint density at radius 3 is 2.32 bits per heavy atom. The van der Waals surface area contributed by atoms with Crippen molar-refractivity contribution < 1.29 is 4.74 Å². The lowest BCUT2D eigenvalue weighted by Crippen LogP contribution is -2.16. The zero-order chi connectivity index (χ0) is 16.2. The number of nitrogens with two attached hydrogens (primary N) is 1. The monoisotopic (exact) mass is 297 g/mol. The van der Waals surface area contributed by atoms with Gasteiger partial charge < -0.3 is 15.9 Å². The number of methoxy groups -OCH3 is 1. The average molecular weight is 297 g/mol. The van der Waals surface area contributed by atoms with Gasteiger partial charge in [-0.3, -0.25) is 0 Å². The average Bonchev–Trinajstić information content (AvgIpc) is 2.52. The molecule has 116 valence electrons. The largest absolute Gasteiger partial charge is 0.497 e. The Bertz CT molecular complexity index is 655. The Balaban J connectivity index is 2.20. The van der Waals surface area contributed by atoms with E-state index >= 15 is 0 Å². The van der Waals surface area contributed by atoms with Gasteiger partial charge in [0.1, 0.15) is 5.75 Å². The van der Waals surface area contributed by atoms with Crippen LogP contribution in [-0.2, 0) is 5.41 Å². The molecule has 0 spiro atoms. The van der Waals surface area contributed by atoms with Crippen molar-refractivity contribution in [3.05, 3.63) is 59.7 Å². The summed E-state index contributed by atoms with van der Waals surface area (Å²) >= 11 is 0. The highest BCUT2D eigenvalue weighted by Crippen LogP contribution is 2.24. The van der Waals surface area contributed by atoms with Crippen molar-refractivity contribution in [2.45, 2.75) is 26.2 Å². The van der Waals surface area contributed by atoms with Crippen LogP contribution in [0.4, 0.5) is 5.69 Å². The number of nitrogens with one attached hydrogen (secondary N) is 1. The molecule has 0 radical (unpaired) electrons. The van der Waals surface area contributed by atoms with Gasteiger partial charge in [-0.2, -0.15) is 5.10 Å². The molecule has 0 aliphatic rings. The number of amidine groups is 1. The van der Waals surface area contributed by atoms with E-state index < -0.39 is 0 Å². The predicted octanol–water partition coefficient (Wildman–Crippen LogP) is 3.73. The van der Waals surface area contributed by atoms with Gasteiger partial charge in [0, 0.05) is 11.3 Å². The number of rotatable bonds is 3. The number of anilines is 1. The molecule has 0 fully saturated rings. The Kier molecular flexibility index (Phi) is 4.71. The van der Waals surface area contributed by atoms with Crippen molar-refractivity contribution in [1.29, 1.82) is 0 Å². The molecule has 2 aromatic rings. The number of benzene rings is 2. The van der Waals surface area contributed by atoms with Crippen LogP contribution in [0.3, 0.4) is 0 Å². The molecular formula is C18H23N3O. The van der Waals surface area contributed by atoms with Gasteiger partial charge in [0.15, 0.2) is 5.84 Å². The van der Waals surface area contributed by atoms with Crippen LogP contribution in [-0.4, -0.2) is 12.9 Å². The number of hydrazone groups is 1. The number of hydrogen-bond acceptors (Lipinski definition) is 3. The first-order valence-corrected chi connectivity index (χ1v) is 7.24. The SMILES string of the molecule is COc1cccc(/C(=N/N)Nc2ccc(C(C)(C)C)cc2)c1. The lowest BCUT2D eigenvalue weighted by atomic mass is 9.87. The molecule has 0 saturated heterocycles. The molecule has 0 amide bonds. The Morgan fingerprint density at radius 2 is 1.77 bits per heavy atom. The van der Waals surface area contributed by atoms with Crippen molar-refractivity contribution in [3.63, 3.8) is 0 Å². The molecule has 2 rings (SSSR count). The fraction of sp³-hybridized carbons (Fsp3) is 0.278. The van der Waals surface area contributed by atoms with Crippen LogP contribution in [0.25, 0.3) is 0 Å². The van der Waals surface area contributed by atoms with Crippen LogP contribution in [0.5, 0.6) is 5.75 Å². The van der Waals surface area contributed by atoms with Gasteiger partial charge in [0.2, 0.25) is 0 Å². The first-order valence-electron chi connectivity index (χ1n) is 7.24. The van der Waals surface area contributed by atoms with E-state index in [2.05, 4.69) is 43.3 Å². The number of nitrogens with zero attached hydrogens (tertiary/aromatic N) is 1. The van der Waals surface area contributed by atoms with E-state index in [1.165, 1.54) is 5.56 Å². The first kappa shape index (κ1) is 15.9. The summed E-state index contributed by atoms with van der Waals surface area (Å²) in [6.07, 6.45) is 0. The van der Waals surface area contributed by atoms with Gasteiger partial charge in [-0.25, -0.2) is 0 Å². The minimum absolute atomic E-state index is 0.135. The molecule has 0 unspecified atom stereocenters. The standard InChI is InChI=1S/C18H23N3O/c1-18(2,3)14-8-10-15(11-9-14)20-17(21-19)13-6-5-7-16(12-13)22-4/h5-12H,19H2,1-4H3,(H,20,21).